The van der Waals surface area contributed by atoms with Crippen LogP contribution in [0.2, 0.25) is 0 Å². The lowest BCUT2D eigenvalue weighted by atomic mass is 10.1. The Labute approximate surface area is 157 Å². The standard InChI is InChI=1S/C17H19N3O4S2/c18-26(23,24)14-8-6-13(7-9-14)11-19-17(25)20-15(16(21)22)10-12-4-2-1-3-5-12/h1-9,15H,10-11H2,(H,21,22)(H2,18,23,24)(H2,19,20,25). The lowest BCUT2D eigenvalue weighted by Crippen LogP contribution is -2.46. The predicted molar refractivity (Wildman–Crippen MR) is 102 cm³/mol. The Hall–Kier alpha value is -2.49. The molecule has 0 radical (unpaired) electrons. The molecule has 7 nitrogen and oxygen atoms in total. The number of hydrogen-bond acceptors (Lipinski definition) is 4. The van der Waals surface area contributed by atoms with E-state index in [1.54, 1.807) is 12.1 Å². The van der Waals surface area contributed by atoms with Crippen molar-refractivity contribution in [3.05, 3.63) is 65.7 Å². The lowest BCUT2D eigenvalue weighted by Gasteiger charge is -2.17. The summed E-state index contributed by atoms with van der Waals surface area (Å²) in [6, 6.07) is 14.4. The van der Waals surface area contributed by atoms with Gasteiger partial charge in [0.05, 0.1) is 4.90 Å². The molecule has 5 N–H and O–H groups in total. The smallest absolute Gasteiger partial charge is 0.326 e. The number of carboxylic acids is 1. The summed E-state index contributed by atoms with van der Waals surface area (Å²) in [4.78, 5) is 11.5. The minimum atomic E-state index is -3.73. The molecule has 0 aliphatic carbocycles. The molecule has 0 spiro atoms. The van der Waals surface area contributed by atoms with Crippen molar-refractivity contribution >= 4 is 33.3 Å². The van der Waals surface area contributed by atoms with Crippen molar-refractivity contribution in [2.45, 2.75) is 23.9 Å². The fourth-order valence-corrected chi connectivity index (χ4v) is 2.97. The predicted octanol–water partition coefficient (Wildman–Crippen LogP) is 0.994. The van der Waals surface area contributed by atoms with Crippen LogP contribution in [0.15, 0.2) is 59.5 Å². The Balaban J connectivity index is 1.91. The van der Waals surface area contributed by atoms with Crippen LogP contribution in [-0.4, -0.2) is 30.6 Å². The third-order valence-corrected chi connectivity index (χ3v) is 4.78. The highest BCUT2D eigenvalue weighted by Gasteiger charge is 2.18. The molecule has 0 amide bonds. The van der Waals surface area contributed by atoms with Gasteiger partial charge in [0.2, 0.25) is 10.0 Å². The zero-order valence-electron chi connectivity index (χ0n) is 13.8. The fraction of sp³-hybridized carbons (Fsp3) is 0.176. The first kappa shape index (κ1) is 19.8. The third-order valence-electron chi connectivity index (χ3n) is 3.59. The van der Waals surface area contributed by atoms with Crippen molar-refractivity contribution in [1.29, 1.82) is 0 Å². The van der Waals surface area contributed by atoms with Crippen LogP contribution >= 0.6 is 12.2 Å². The van der Waals surface area contributed by atoms with E-state index in [0.29, 0.717) is 13.0 Å². The maximum Gasteiger partial charge on any atom is 0.326 e. The zero-order chi connectivity index (χ0) is 19.2. The van der Waals surface area contributed by atoms with Gasteiger partial charge in [-0.15, -0.1) is 0 Å². The summed E-state index contributed by atoms with van der Waals surface area (Å²) in [5, 5.41) is 20.3. The van der Waals surface area contributed by atoms with Crippen LogP contribution in [0.1, 0.15) is 11.1 Å². The summed E-state index contributed by atoms with van der Waals surface area (Å²) in [5.74, 6) is -1.00. The van der Waals surface area contributed by atoms with E-state index in [4.69, 9.17) is 17.4 Å². The lowest BCUT2D eigenvalue weighted by molar-refractivity contribution is -0.139. The Morgan fingerprint density at radius 1 is 1.08 bits per heavy atom. The van der Waals surface area contributed by atoms with Crippen molar-refractivity contribution in [3.8, 4) is 0 Å². The summed E-state index contributed by atoms with van der Waals surface area (Å²) in [6.45, 7) is 0.314. The SMILES string of the molecule is NS(=O)(=O)c1ccc(CNC(=S)NC(Cc2ccccc2)C(=O)O)cc1. The second-order valence-corrected chi connectivity index (χ2v) is 7.57. The number of carbonyl (C=O) groups is 1. The molecule has 0 fully saturated rings. The number of nitrogens with one attached hydrogen (secondary N) is 2. The van der Waals surface area contributed by atoms with E-state index in [9.17, 15) is 18.3 Å². The Morgan fingerprint density at radius 3 is 2.23 bits per heavy atom. The molecule has 0 aromatic heterocycles. The van der Waals surface area contributed by atoms with Gasteiger partial charge in [-0.3, -0.25) is 0 Å². The molecule has 0 heterocycles. The molecule has 0 saturated heterocycles. The number of rotatable bonds is 7. The molecule has 138 valence electrons. The van der Waals surface area contributed by atoms with Gasteiger partial charge in [0, 0.05) is 13.0 Å². The highest BCUT2D eigenvalue weighted by atomic mass is 32.2. The number of hydrogen-bond donors (Lipinski definition) is 4. The van der Waals surface area contributed by atoms with E-state index >= 15 is 0 Å². The molecule has 0 aliphatic heterocycles. The summed E-state index contributed by atoms with van der Waals surface area (Å²) < 4.78 is 22.4. The molecule has 0 bridgehead atoms. The molecule has 1 atom stereocenters. The van der Waals surface area contributed by atoms with Crippen molar-refractivity contribution in [2.24, 2.45) is 5.14 Å². The summed E-state index contributed by atoms with van der Waals surface area (Å²) in [6.07, 6.45) is 0.293. The molecule has 2 aromatic carbocycles. The minimum Gasteiger partial charge on any atom is -0.480 e. The van der Waals surface area contributed by atoms with E-state index in [1.165, 1.54) is 12.1 Å². The van der Waals surface area contributed by atoms with Crippen molar-refractivity contribution in [3.63, 3.8) is 0 Å². The fourth-order valence-electron chi connectivity index (χ4n) is 2.24. The first-order valence-electron chi connectivity index (χ1n) is 7.68. The van der Waals surface area contributed by atoms with Crippen molar-refractivity contribution in [2.75, 3.05) is 0 Å². The first-order chi connectivity index (χ1) is 12.3. The highest BCUT2D eigenvalue weighted by Crippen LogP contribution is 2.08. The quantitative estimate of drug-likeness (QED) is 0.518. The van der Waals surface area contributed by atoms with Gasteiger partial charge in [-0.2, -0.15) is 0 Å². The molecular formula is C17H19N3O4S2. The average Bonchev–Trinajstić information content (AvgIpc) is 2.60. The monoisotopic (exact) mass is 393 g/mol. The summed E-state index contributed by atoms with van der Waals surface area (Å²) in [5.41, 5.74) is 1.66. The van der Waals surface area contributed by atoms with Gasteiger partial charge in [-0.1, -0.05) is 42.5 Å². The van der Waals surface area contributed by atoms with Crippen LogP contribution in [0, 0.1) is 0 Å². The Kier molecular flexibility index (Phi) is 6.67. The largest absolute Gasteiger partial charge is 0.480 e. The second kappa shape index (κ2) is 8.75. The second-order valence-electron chi connectivity index (χ2n) is 5.60. The van der Waals surface area contributed by atoms with Crippen LogP contribution in [-0.2, 0) is 27.8 Å². The molecule has 26 heavy (non-hydrogen) atoms. The van der Waals surface area contributed by atoms with E-state index < -0.39 is 22.0 Å². The maximum absolute atomic E-state index is 11.4. The number of nitrogens with two attached hydrogens (primary N) is 1. The van der Waals surface area contributed by atoms with Crippen LogP contribution < -0.4 is 15.8 Å². The van der Waals surface area contributed by atoms with Crippen molar-refractivity contribution < 1.29 is 18.3 Å². The van der Waals surface area contributed by atoms with Gasteiger partial charge < -0.3 is 15.7 Å². The van der Waals surface area contributed by atoms with E-state index in [0.717, 1.165) is 11.1 Å². The molecule has 2 aromatic rings. The summed E-state index contributed by atoms with van der Waals surface area (Å²) >= 11 is 5.15. The number of benzene rings is 2. The first-order valence-corrected chi connectivity index (χ1v) is 9.64. The molecule has 2 rings (SSSR count). The van der Waals surface area contributed by atoms with Gasteiger partial charge in [0.15, 0.2) is 5.11 Å². The molecule has 9 heteroatoms. The zero-order valence-corrected chi connectivity index (χ0v) is 15.4. The Morgan fingerprint density at radius 2 is 1.69 bits per heavy atom. The highest BCUT2D eigenvalue weighted by molar-refractivity contribution is 7.89. The van der Waals surface area contributed by atoms with E-state index in [1.807, 2.05) is 30.3 Å². The van der Waals surface area contributed by atoms with Crippen LogP contribution in [0.25, 0.3) is 0 Å². The normalized spacial score (nSPS) is 12.2. The average molecular weight is 393 g/mol. The number of sulfonamides is 1. The number of aliphatic carboxylic acids is 1. The Bertz CT molecular complexity index is 869. The molecule has 0 aliphatic rings. The van der Waals surface area contributed by atoms with Gasteiger partial charge in [-0.05, 0) is 35.5 Å². The molecular weight excluding hydrogens is 374 g/mol. The van der Waals surface area contributed by atoms with Crippen LogP contribution in [0.4, 0.5) is 0 Å². The topological polar surface area (TPSA) is 122 Å². The molecule has 0 saturated carbocycles. The van der Waals surface area contributed by atoms with Gasteiger partial charge in [-0.25, -0.2) is 18.4 Å². The van der Waals surface area contributed by atoms with Crippen LogP contribution in [0.5, 0.6) is 0 Å². The van der Waals surface area contributed by atoms with Gasteiger partial charge in [0.25, 0.3) is 0 Å². The molecule has 1 unspecified atom stereocenters. The van der Waals surface area contributed by atoms with Gasteiger partial charge >= 0.3 is 5.97 Å². The van der Waals surface area contributed by atoms with Crippen LogP contribution in [0.3, 0.4) is 0 Å². The maximum atomic E-state index is 11.4. The van der Waals surface area contributed by atoms with Crippen molar-refractivity contribution in [1.82, 2.24) is 10.6 Å². The number of carboxylic acid groups (broad SMARTS) is 1. The van der Waals surface area contributed by atoms with E-state index in [2.05, 4.69) is 10.6 Å². The van der Waals surface area contributed by atoms with E-state index in [-0.39, 0.29) is 10.0 Å². The third kappa shape index (κ3) is 6.10. The minimum absolute atomic E-state index is 0.0238. The summed E-state index contributed by atoms with van der Waals surface area (Å²) in [7, 11) is -3.73. The number of primary sulfonamides is 1. The number of thiocarbonyl (C=S) groups is 1. The van der Waals surface area contributed by atoms with Gasteiger partial charge in [0.1, 0.15) is 6.04 Å².